The van der Waals surface area contributed by atoms with Gasteiger partial charge < -0.3 is 4.57 Å². The molecule has 126 valence electrons. The molecule has 0 N–H and O–H groups in total. The quantitative estimate of drug-likeness (QED) is 0.853. The van der Waals surface area contributed by atoms with Crippen LogP contribution >= 0.6 is 0 Å². The molecule has 0 saturated carbocycles. The van der Waals surface area contributed by atoms with Gasteiger partial charge in [-0.15, -0.1) is 0 Å². The van der Waals surface area contributed by atoms with Gasteiger partial charge in [-0.3, -0.25) is 4.79 Å². The third-order valence-electron chi connectivity index (χ3n) is 5.03. The first-order chi connectivity index (χ1) is 11.5. The summed E-state index contributed by atoms with van der Waals surface area (Å²) in [6.07, 6.45) is 0.959. The van der Waals surface area contributed by atoms with Crippen LogP contribution in [0, 0.1) is 5.92 Å². The zero-order chi connectivity index (χ0) is 16.7. The predicted octanol–water partition coefficient (Wildman–Crippen LogP) is 1.80. The molecule has 0 aliphatic carbocycles. The van der Waals surface area contributed by atoms with Crippen LogP contribution in [0.25, 0.3) is 0 Å². The summed E-state index contributed by atoms with van der Waals surface area (Å²) in [5.74, 6) is 0.355. The van der Waals surface area contributed by atoms with Crippen molar-refractivity contribution in [3.8, 4) is 0 Å². The number of aromatic nitrogens is 1. The van der Waals surface area contributed by atoms with E-state index in [1.165, 1.54) is 0 Å². The average molecular weight is 344 g/mol. The Hall–Kier alpha value is -1.92. The van der Waals surface area contributed by atoms with Crippen LogP contribution < -0.4 is 5.56 Å². The molecular weight excluding hydrogens is 324 g/mol. The molecule has 5 nitrogen and oxygen atoms in total. The van der Waals surface area contributed by atoms with Crippen molar-refractivity contribution in [3.63, 3.8) is 0 Å². The van der Waals surface area contributed by atoms with Gasteiger partial charge in [0.05, 0.1) is 5.75 Å². The van der Waals surface area contributed by atoms with Crippen molar-refractivity contribution in [1.82, 2.24) is 8.87 Å². The summed E-state index contributed by atoms with van der Waals surface area (Å²) in [7, 11) is -3.35. The molecule has 3 heterocycles. The van der Waals surface area contributed by atoms with E-state index < -0.39 is 10.0 Å². The van der Waals surface area contributed by atoms with Crippen LogP contribution in [0.3, 0.4) is 0 Å². The summed E-state index contributed by atoms with van der Waals surface area (Å²) in [5, 5.41) is 0. The highest BCUT2D eigenvalue weighted by Crippen LogP contribution is 2.36. The van der Waals surface area contributed by atoms with Crippen molar-refractivity contribution >= 4 is 10.0 Å². The fourth-order valence-corrected chi connectivity index (χ4v) is 5.60. The summed E-state index contributed by atoms with van der Waals surface area (Å²) in [4.78, 5) is 12.0. The summed E-state index contributed by atoms with van der Waals surface area (Å²) in [6, 6.07) is 14.6. The Morgan fingerprint density at radius 2 is 1.75 bits per heavy atom. The molecule has 1 saturated heterocycles. The molecular formula is C18H20N2O3S. The minimum absolute atomic E-state index is 0.0165. The Morgan fingerprint density at radius 3 is 2.54 bits per heavy atom. The smallest absolute Gasteiger partial charge is 0.250 e. The van der Waals surface area contributed by atoms with Gasteiger partial charge in [-0.05, 0) is 24.0 Å². The normalized spacial score (nSPS) is 23.7. The van der Waals surface area contributed by atoms with Crippen LogP contribution in [0.15, 0.2) is 53.3 Å². The summed E-state index contributed by atoms with van der Waals surface area (Å²) < 4.78 is 29.1. The van der Waals surface area contributed by atoms with E-state index in [1.807, 2.05) is 41.0 Å². The van der Waals surface area contributed by atoms with Gasteiger partial charge >= 0.3 is 0 Å². The number of nitrogens with zero attached hydrogens (tertiary/aromatic N) is 2. The maximum atomic E-state index is 12.8. The van der Waals surface area contributed by atoms with Gasteiger partial charge in [-0.25, -0.2) is 12.7 Å². The molecule has 2 unspecified atom stereocenters. The Bertz CT molecular complexity index is 905. The highest BCUT2D eigenvalue weighted by molar-refractivity contribution is 7.88. The monoisotopic (exact) mass is 344 g/mol. The number of fused-ring (bicyclic) bond motifs is 4. The van der Waals surface area contributed by atoms with Crippen LogP contribution in [0.5, 0.6) is 0 Å². The Morgan fingerprint density at radius 1 is 0.958 bits per heavy atom. The molecule has 2 bridgehead atoms. The third-order valence-corrected chi connectivity index (χ3v) is 6.81. The van der Waals surface area contributed by atoms with Gasteiger partial charge in [0.25, 0.3) is 5.56 Å². The maximum absolute atomic E-state index is 12.8. The first-order valence-corrected chi connectivity index (χ1v) is 9.85. The number of sulfonamides is 1. The molecule has 1 aromatic heterocycles. The number of hydrogen-bond donors (Lipinski definition) is 0. The van der Waals surface area contributed by atoms with Gasteiger partial charge in [-0.2, -0.15) is 0 Å². The number of benzene rings is 1. The highest BCUT2D eigenvalue weighted by atomic mass is 32.2. The fourth-order valence-electron chi connectivity index (χ4n) is 3.96. The van der Waals surface area contributed by atoms with E-state index >= 15 is 0 Å². The maximum Gasteiger partial charge on any atom is 0.250 e. The Labute approximate surface area is 141 Å². The second kappa shape index (κ2) is 5.86. The molecule has 24 heavy (non-hydrogen) atoms. The zero-order valence-corrected chi connectivity index (χ0v) is 14.2. The SMILES string of the molecule is O=c1cccc2n1CC1CC2CN(S(=O)(=O)Cc2ccccc2)C1. The van der Waals surface area contributed by atoms with Crippen LogP contribution in [0.2, 0.25) is 0 Å². The van der Waals surface area contributed by atoms with E-state index in [0.29, 0.717) is 19.6 Å². The van der Waals surface area contributed by atoms with Crippen molar-refractivity contribution in [2.45, 2.75) is 24.6 Å². The van der Waals surface area contributed by atoms with Gasteiger partial charge in [-0.1, -0.05) is 36.4 Å². The molecule has 2 aromatic rings. The molecule has 1 fully saturated rings. The van der Waals surface area contributed by atoms with E-state index in [4.69, 9.17) is 0 Å². The summed E-state index contributed by atoms with van der Waals surface area (Å²) >= 11 is 0. The number of hydrogen-bond acceptors (Lipinski definition) is 3. The van der Waals surface area contributed by atoms with Crippen LogP contribution in [-0.4, -0.2) is 30.4 Å². The van der Waals surface area contributed by atoms with Gasteiger partial charge in [0.2, 0.25) is 10.0 Å². The number of piperidine rings is 1. The molecule has 6 heteroatoms. The molecule has 1 aromatic carbocycles. The zero-order valence-electron chi connectivity index (χ0n) is 13.3. The molecule has 2 atom stereocenters. The highest BCUT2D eigenvalue weighted by Gasteiger charge is 2.38. The van der Waals surface area contributed by atoms with E-state index in [1.54, 1.807) is 16.4 Å². The Kier molecular flexibility index (Phi) is 3.81. The van der Waals surface area contributed by atoms with Gasteiger partial charge in [0, 0.05) is 37.3 Å². The van der Waals surface area contributed by atoms with Crippen molar-refractivity contribution in [3.05, 3.63) is 70.1 Å². The van der Waals surface area contributed by atoms with E-state index in [2.05, 4.69) is 0 Å². The second-order valence-electron chi connectivity index (χ2n) is 6.76. The number of rotatable bonds is 3. The van der Waals surface area contributed by atoms with Crippen molar-refractivity contribution in [2.24, 2.45) is 5.92 Å². The first kappa shape index (κ1) is 15.6. The topological polar surface area (TPSA) is 59.4 Å². The lowest BCUT2D eigenvalue weighted by molar-refractivity contribution is 0.186. The summed E-state index contributed by atoms with van der Waals surface area (Å²) in [5.41, 5.74) is 1.80. The number of pyridine rings is 1. The van der Waals surface area contributed by atoms with E-state index in [9.17, 15) is 13.2 Å². The largest absolute Gasteiger partial charge is 0.312 e. The van der Waals surface area contributed by atoms with Crippen LogP contribution in [0.1, 0.15) is 23.6 Å². The molecule has 0 amide bonds. The van der Waals surface area contributed by atoms with Crippen molar-refractivity contribution < 1.29 is 8.42 Å². The lowest BCUT2D eigenvalue weighted by atomic mass is 9.84. The lowest BCUT2D eigenvalue weighted by Gasteiger charge is -2.42. The van der Waals surface area contributed by atoms with Gasteiger partial charge in [0.1, 0.15) is 0 Å². The molecule has 4 rings (SSSR count). The molecule has 0 radical (unpaired) electrons. The van der Waals surface area contributed by atoms with Crippen molar-refractivity contribution in [2.75, 3.05) is 13.1 Å². The van der Waals surface area contributed by atoms with Crippen LogP contribution in [0.4, 0.5) is 0 Å². The standard InChI is InChI=1S/C18H20N2O3S/c21-18-8-4-7-17-16-9-15(11-20(17)18)10-19(12-16)24(22,23)13-14-5-2-1-3-6-14/h1-8,15-16H,9-13H2. The average Bonchev–Trinajstić information content (AvgIpc) is 2.56. The van der Waals surface area contributed by atoms with Crippen molar-refractivity contribution in [1.29, 1.82) is 0 Å². The predicted molar refractivity (Wildman–Crippen MR) is 92.2 cm³/mol. The lowest BCUT2D eigenvalue weighted by Crippen LogP contribution is -2.49. The van der Waals surface area contributed by atoms with Gasteiger partial charge in [0.15, 0.2) is 0 Å². The van der Waals surface area contributed by atoms with Crippen LogP contribution in [-0.2, 0) is 22.3 Å². The Balaban J connectivity index is 1.61. The molecule has 0 spiro atoms. The minimum atomic E-state index is -3.35. The summed E-state index contributed by atoms with van der Waals surface area (Å²) in [6.45, 7) is 1.59. The first-order valence-electron chi connectivity index (χ1n) is 8.24. The minimum Gasteiger partial charge on any atom is -0.312 e. The third kappa shape index (κ3) is 2.80. The van der Waals surface area contributed by atoms with E-state index in [0.717, 1.165) is 17.7 Å². The fraction of sp³-hybridized carbons (Fsp3) is 0.389. The molecule has 2 aliphatic rings. The second-order valence-corrected chi connectivity index (χ2v) is 8.73. The molecule has 2 aliphatic heterocycles. The van der Waals surface area contributed by atoms with E-state index in [-0.39, 0.29) is 23.1 Å².